The highest BCUT2D eigenvalue weighted by atomic mass is 19.4. The summed E-state index contributed by atoms with van der Waals surface area (Å²) in [7, 11) is 1.62. The second kappa shape index (κ2) is 7.54. The molecule has 2 atom stereocenters. The Balaban J connectivity index is 1.61. The molecule has 1 amide bonds. The van der Waals surface area contributed by atoms with Gasteiger partial charge in [-0.3, -0.25) is 9.69 Å². The smallest absolute Gasteiger partial charge is 0.377 e. The van der Waals surface area contributed by atoms with Crippen LogP contribution in [0.2, 0.25) is 0 Å². The van der Waals surface area contributed by atoms with Crippen LogP contribution in [0.3, 0.4) is 0 Å². The Labute approximate surface area is 150 Å². The van der Waals surface area contributed by atoms with Crippen molar-refractivity contribution in [3.05, 3.63) is 29.8 Å². The zero-order valence-electron chi connectivity index (χ0n) is 14.6. The summed E-state index contributed by atoms with van der Waals surface area (Å²) in [6.45, 7) is 1.90. The quantitative estimate of drug-likeness (QED) is 0.883. The maximum Gasteiger partial charge on any atom is 0.418 e. The maximum atomic E-state index is 13.0. The molecule has 8 heteroatoms. The van der Waals surface area contributed by atoms with Crippen LogP contribution in [0.25, 0.3) is 0 Å². The van der Waals surface area contributed by atoms with Crippen molar-refractivity contribution < 1.29 is 27.4 Å². The van der Waals surface area contributed by atoms with Crippen molar-refractivity contribution in [1.29, 1.82) is 0 Å². The third kappa shape index (κ3) is 4.02. The van der Waals surface area contributed by atoms with Gasteiger partial charge in [-0.15, -0.1) is 0 Å². The van der Waals surface area contributed by atoms with E-state index in [2.05, 4.69) is 5.32 Å². The lowest BCUT2D eigenvalue weighted by atomic mass is 9.86. The number of hydrogen-bond donors (Lipinski definition) is 1. The van der Waals surface area contributed by atoms with Crippen molar-refractivity contribution >= 4 is 11.6 Å². The van der Waals surface area contributed by atoms with Crippen LogP contribution in [0.4, 0.5) is 18.9 Å². The molecular weight excluding hydrogens is 349 g/mol. The molecule has 2 aliphatic rings. The minimum atomic E-state index is -4.51. The molecule has 1 aromatic rings. The van der Waals surface area contributed by atoms with Crippen molar-refractivity contribution in [2.24, 2.45) is 0 Å². The van der Waals surface area contributed by atoms with E-state index in [4.69, 9.17) is 9.47 Å². The molecule has 0 aliphatic carbocycles. The summed E-state index contributed by atoms with van der Waals surface area (Å²) in [4.78, 5) is 14.2. The van der Waals surface area contributed by atoms with Gasteiger partial charge in [-0.2, -0.15) is 13.2 Å². The van der Waals surface area contributed by atoms with E-state index in [0.29, 0.717) is 19.7 Å². The van der Waals surface area contributed by atoms with Crippen LogP contribution in [0.5, 0.6) is 0 Å². The van der Waals surface area contributed by atoms with Gasteiger partial charge in [0, 0.05) is 26.8 Å². The Kier molecular flexibility index (Phi) is 5.55. The molecule has 26 heavy (non-hydrogen) atoms. The average Bonchev–Trinajstić information content (AvgIpc) is 3.05. The normalized spacial score (nSPS) is 27.0. The molecule has 0 aromatic heterocycles. The number of likely N-dealkylation sites (tertiary alicyclic amines) is 1. The number of halogens is 3. The molecule has 0 radical (unpaired) electrons. The molecule has 0 unspecified atom stereocenters. The fourth-order valence-electron chi connectivity index (χ4n) is 3.84. The van der Waals surface area contributed by atoms with E-state index in [9.17, 15) is 18.0 Å². The predicted molar refractivity (Wildman–Crippen MR) is 89.8 cm³/mol. The number of piperidine rings is 1. The summed E-state index contributed by atoms with van der Waals surface area (Å²) in [5.74, 6) is -0.472. The monoisotopic (exact) mass is 372 g/mol. The number of hydrogen-bond acceptors (Lipinski definition) is 4. The SMILES string of the molecule is CO[C@@H]1CN(CC(=O)Nc2ccccc2C(F)(F)F)CC[C@@]12CCCO2. The summed E-state index contributed by atoms with van der Waals surface area (Å²) in [5.41, 5.74) is -1.36. The summed E-state index contributed by atoms with van der Waals surface area (Å²) in [6, 6.07) is 4.98. The van der Waals surface area contributed by atoms with Crippen molar-refractivity contribution in [3.8, 4) is 0 Å². The molecule has 0 saturated carbocycles. The first kappa shape index (κ1) is 19.1. The highest BCUT2D eigenvalue weighted by molar-refractivity contribution is 5.93. The first-order chi connectivity index (χ1) is 12.3. The van der Waals surface area contributed by atoms with Gasteiger partial charge in [0.25, 0.3) is 0 Å². The zero-order valence-corrected chi connectivity index (χ0v) is 14.6. The summed E-state index contributed by atoms with van der Waals surface area (Å²) < 4.78 is 50.6. The molecule has 2 saturated heterocycles. The average molecular weight is 372 g/mol. The van der Waals surface area contributed by atoms with E-state index in [1.54, 1.807) is 7.11 Å². The van der Waals surface area contributed by atoms with Crippen molar-refractivity contribution in [2.75, 3.05) is 38.7 Å². The number of alkyl halides is 3. The highest BCUT2D eigenvalue weighted by Crippen LogP contribution is 2.37. The second-order valence-corrected chi connectivity index (χ2v) is 6.82. The zero-order chi connectivity index (χ0) is 18.8. The maximum absolute atomic E-state index is 13.0. The molecule has 5 nitrogen and oxygen atoms in total. The third-order valence-electron chi connectivity index (χ3n) is 5.15. The van der Waals surface area contributed by atoms with Crippen molar-refractivity contribution in [3.63, 3.8) is 0 Å². The van der Waals surface area contributed by atoms with Gasteiger partial charge in [0.1, 0.15) is 0 Å². The largest absolute Gasteiger partial charge is 0.418 e. The summed E-state index contributed by atoms with van der Waals surface area (Å²) >= 11 is 0. The Morgan fingerprint density at radius 1 is 1.38 bits per heavy atom. The van der Waals surface area contributed by atoms with Crippen LogP contribution in [0.15, 0.2) is 24.3 Å². The van der Waals surface area contributed by atoms with Gasteiger partial charge >= 0.3 is 6.18 Å². The first-order valence-corrected chi connectivity index (χ1v) is 8.69. The van der Waals surface area contributed by atoms with Crippen LogP contribution in [-0.4, -0.2) is 55.9 Å². The van der Waals surface area contributed by atoms with E-state index in [1.807, 2.05) is 4.90 Å². The van der Waals surface area contributed by atoms with Gasteiger partial charge in [-0.1, -0.05) is 12.1 Å². The molecule has 144 valence electrons. The first-order valence-electron chi connectivity index (χ1n) is 8.69. The molecule has 2 fully saturated rings. The number of methoxy groups -OCH3 is 1. The van der Waals surface area contributed by atoms with Crippen LogP contribution in [0.1, 0.15) is 24.8 Å². The lowest BCUT2D eigenvalue weighted by Crippen LogP contribution is -2.57. The van der Waals surface area contributed by atoms with Crippen molar-refractivity contribution in [2.45, 2.75) is 37.1 Å². The third-order valence-corrected chi connectivity index (χ3v) is 5.15. The number of benzene rings is 1. The fraction of sp³-hybridized carbons (Fsp3) is 0.611. The number of nitrogens with one attached hydrogen (secondary N) is 1. The van der Waals surface area contributed by atoms with Crippen LogP contribution in [-0.2, 0) is 20.4 Å². The number of nitrogens with zero attached hydrogens (tertiary/aromatic N) is 1. The molecule has 1 spiro atoms. The molecule has 1 aromatic carbocycles. The molecule has 1 N–H and O–H groups in total. The van der Waals surface area contributed by atoms with Gasteiger partial charge in [-0.25, -0.2) is 0 Å². The summed E-state index contributed by atoms with van der Waals surface area (Å²) in [6.07, 6.45) is -1.98. The van der Waals surface area contributed by atoms with E-state index in [1.165, 1.54) is 18.2 Å². The number of rotatable bonds is 4. The van der Waals surface area contributed by atoms with Gasteiger partial charge in [-0.05, 0) is 31.4 Å². The lowest BCUT2D eigenvalue weighted by Gasteiger charge is -2.44. The predicted octanol–water partition coefficient (Wildman–Crippen LogP) is 2.91. The number of carbonyl (C=O) groups is 1. The lowest BCUT2D eigenvalue weighted by molar-refractivity contribution is -0.145. The van der Waals surface area contributed by atoms with E-state index in [0.717, 1.165) is 25.3 Å². The molecule has 3 rings (SSSR count). The van der Waals surface area contributed by atoms with E-state index >= 15 is 0 Å². The van der Waals surface area contributed by atoms with Gasteiger partial charge in [0.15, 0.2) is 0 Å². The number of ether oxygens (including phenoxy) is 2. The van der Waals surface area contributed by atoms with Gasteiger partial charge in [0.05, 0.1) is 29.5 Å². The van der Waals surface area contributed by atoms with Crippen LogP contribution >= 0.6 is 0 Å². The van der Waals surface area contributed by atoms with Crippen LogP contribution < -0.4 is 5.32 Å². The number of carbonyl (C=O) groups excluding carboxylic acids is 1. The Morgan fingerprint density at radius 2 is 2.15 bits per heavy atom. The molecule has 2 heterocycles. The molecule has 2 aliphatic heterocycles. The number of para-hydroxylation sites is 1. The van der Waals surface area contributed by atoms with Gasteiger partial charge < -0.3 is 14.8 Å². The van der Waals surface area contributed by atoms with Crippen molar-refractivity contribution in [1.82, 2.24) is 4.90 Å². The Bertz CT molecular complexity index is 645. The minimum absolute atomic E-state index is 0.0160. The van der Waals surface area contributed by atoms with E-state index < -0.39 is 17.6 Å². The number of amides is 1. The standard InChI is InChI=1S/C18H23F3N2O3/c1-25-15-11-23(9-8-17(15)7-4-10-26-17)12-16(24)22-14-6-3-2-5-13(14)18(19,20)21/h2-3,5-6,15H,4,7-12H2,1H3,(H,22,24)/t15-,17+/m1/s1. The topological polar surface area (TPSA) is 50.8 Å². The Hall–Kier alpha value is -1.64. The number of anilines is 1. The second-order valence-electron chi connectivity index (χ2n) is 6.82. The van der Waals surface area contributed by atoms with Gasteiger partial charge in [0.2, 0.25) is 5.91 Å². The van der Waals surface area contributed by atoms with E-state index in [-0.39, 0.29) is 23.9 Å². The fourth-order valence-corrected chi connectivity index (χ4v) is 3.84. The molecule has 0 bridgehead atoms. The van der Waals surface area contributed by atoms with Crippen LogP contribution in [0, 0.1) is 0 Å². The molecular formula is C18H23F3N2O3. The summed E-state index contributed by atoms with van der Waals surface area (Å²) in [5, 5.41) is 2.39. The highest BCUT2D eigenvalue weighted by Gasteiger charge is 2.46. The Morgan fingerprint density at radius 3 is 2.81 bits per heavy atom. The minimum Gasteiger partial charge on any atom is -0.377 e.